The highest BCUT2D eigenvalue weighted by atomic mass is 17.2. The lowest BCUT2D eigenvalue weighted by Crippen LogP contribution is -2.54. The highest BCUT2D eigenvalue weighted by molar-refractivity contribution is 5.98. The second-order valence-electron chi connectivity index (χ2n) is 7.11. The van der Waals surface area contributed by atoms with E-state index in [4.69, 9.17) is 23.7 Å². The first-order valence-corrected chi connectivity index (χ1v) is 9.46. The van der Waals surface area contributed by atoms with Crippen molar-refractivity contribution in [1.29, 1.82) is 0 Å². The van der Waals surface area contributed by atoms with Crippen molar-refractivity contribution >= 4 is 11.0 Å². The molecular formula is C21H20O11. The number of aliphatic hydroxyl groups is 3. The molecule has 3 aromatic rings. The van der Waals surface area contributed by atoms with Crippen molar-refractivity contribution in [2.24, 2.45) is 0 Å². The molecular weight excluding hydrogens is 428 g/mol. The smallest absolute Gasteiger partial charge is 0.336 e. The van der Waals surface area contributed by atoms with Crippen molar-refractivity contribution in [3.05, 3.63) is 46.8 Å². The number of hydrogen-bond acceptors (Lipinski definition) is 11. The molecule has 1 fully saturated rings. The molecule has 4 atom stereocenters. The van der Waals surface area contributed by atoms with Gasteiger partial charge in [0.1, 0.15) is 29.6 Å². The van der Waals surface area contributed by atoms with E-state index >= 15 is 0 Å². The van der Waals surface area contributed by atoms with Crippen molar-refractivity contribution in [1.82, 2.24) is 0 Å². The first-order chi connectivity index (χ1) is 15.3. The maximum Gasteiger partial charge on any atom is 0.336 e. The van der Waals surface area contributed by atoms with E-state index in [1.54, 1.807) is 0 Å². The van der Waals surface area contributed by atoms with E-state index in [9.17, 15) is 30.3 Å². The number of fused-ring (bicyclic) bond motifs is 1. The molecule has 0 spiro atoms. The zero-order valence-electron chi connectivity index (χ0n) is 16.7. The zero-order chi connectivity index (χ0) is 23.0. The zero-order valence-corrected chi connectivity index (χ0v) is 16.7. The Kier molecular flexibility index (Phi) is 5.91. The number of aromatic hydroxyl groups is 2. The lowest BCUT2D eigenvalue weighted by atomic mass is 10.0. The Morgan fingerprint density at radius 2 is 1.78 bits per heavy atom. The van der Waals surface area contributed by atoms with E-state index in [0.717, 1.165) is 0 Å². The van der Waals surface area contributed by atoms with Gasteiger partial charge in [-0.05, 0) is 17.7 Å². The lowest BCUT2D eigenvalue weighted by molar-refractivity contribution is -0.370. The van der Waals surface area contributed by atoms with E-state index < -0.39 is 36.0 Å². The molecule has 2 heterocycles. The number of methoxy groups -OCH3 is 1. The molecule has 1 aromatic heterocycles. The van der Waals surface area contributed by atoms with Gasteiger partial charge in [-0.1, -0.05) is 6.07 Å². The highest BCUT2D eigenvalue weighted by Crippen LogP contribution is 2.40. The molecule has 0 amide bonds. The molecule has 0 aliphatic carbocycles. The standard InChI is InChI=1S/C21H20O11/c1-28-10-5-15-18(11(7-17(25)30-15)9-2-3-12(22)13(23)4-9)16(6-10)31-32-21-20(27)19(26)14(24)8-29-21/h2-7,14,19-24,26-27H,8H2,1H3/t14-,19+,20-,21+/m1/s1. The van der Waals surface area contributed by atoms with Crippen LogP contribution >= 0.6 is 0 Å². The van der Waals surface area contributed by atoms with Gasteiger partial charge in [0.05, 0.1) is 19.1 Å². The van der Waals surface area contributed by atoms with Crippen LogP contribution < -0.4 is 15.3 Å². The van der Waals surface area contributed by atoms with E-state index in [1.165, 1.54) is 43.5 Å². The summed E-state index contributed by atoms with van der Waals surface area (Å²) in [6.45, 7) is -0.294. The number of aliphatic hydroxyl groups excluding tert-OH is 3. The first-order valence-electron chi connectivity index (χ1n) is 9.46. The van der Waals surface area contributed by atoms with Crippen LogP contribution in [0.15, 0.2) is 45.6 Å². The van der Waals surface area contributed by atoms with E-state index in [0.29, 0.717) is 5.56 Å². The molecule has 0 unspecified atom stereocenters. The van der Waals surface area contributed by atoms with Crippen LogP contribution in [0.5, 0.6) is 23.0 Å². The quantitative estimate of drug-likeness (QED) is 0.161. The molecule has 0 radical (unpaired) electrons. The summed E-state index contributed by atoms with van der Waals surface area (Å²) in [6.07, 6.45) is -5.81. The van der Waals surface area contributed by atoms with Gasteiger partial charge in [0, 0.05) is 23.8 Å². The number of hydrogen-bond donors (Lipinski definition) is 5. The van der Waals surface area contributed by atoms with Crippen LogP contribution in [-0.2, 0) is 9.62 Å². The van der Waals surface area contributed by atoms with Crippen LogP contribution in [0.2, 0.25) is 0 Å². The molecule has 1 saturated heterocycles. The summed E-state index contributed by atoms with van der Waals surface area (Å²) in [5.74, 6) is -0.485. The molecule has 32 heavy (non-hydrogen) atoms. The number of benzene rings is 2. The predicted octanol–water partition coefficient (Wildman–Crippen LogP) is 0.629. The fourth-order valence-corrected chi connectivity index (χ4v) is 3.31. The van der Waals surface area contributed by atoms with Crippen molar-refractivity contribution in [3.63, 3.8) is 0 Å². The molecule has 1 aliphatic rings. The Hall–Kier alpha value is -3.35. The third-order valence-electron chi connectivity index (χ3n) is 4.99. The summed E-state index contributed by atoms with van der Waals surface area (Å²) in [4.78, 5) is 22.7. The molecule has 4 rings (SSSR count). The molecule has 0 saturated carbocycles. The second kappa shape index (κ2) is 8.65. The second-order valence-corrected chi connectivity index (χ2v) is 7.11. The molecule has 170 valence electrons. The third-order valence-corrected chi connectivity index (χ3v) is 4.99. The van der Waals surface area contributed by atoms with Gasteiger partial charge in [-0.3, -0.25) is 0 Å². The van der Waals surface area contributed by atoms with Crippen LogP contribution in [-0.4, -0.2) is 63.9 Å². The van der Waals surface area contributed by atoms with Gasteiger partial charge in [0.25, 0.3) is 0 Å². The summed E-state index contributed by atoms with van der Waals surface area (Å²) in [6, 6.07) is 8.02. The molecule has 1 aliphatic heterocycles. The number of rotatable bonds is 5. The summed E-state index contributed by atoms with van der Waals surface area (Å²) in [7, 11) is 1.39. The van der Waals surface area contributed by atoms with Gasteiger partial charge < -0.3 is 44.3 Å². The number of phenols is 2. The van der Waals surface area contributed by atoms with Crippen molar-refractivity contribution in [2.45, 2.75) is 24.6 Å². The molecule has 5 N–H and O–H groups in total. The van der Waals surface area contributed by atoms with Crippen LogP contribution in [0.4, 0.5) is 0 Å². The molecule has 11 heteroatoms. The van der Waals surface area contributed by atoms with Crippen molar-refractivity contribution in [2.75, 3.05) is 13.7 Å². The highest BCUT2D eigenvalue weighted by Gasteiger charge is 2.39. The molecule has 2 aromatic carbocycles. The summed E-state index contributed by atoms with van der Waals surface area (Å²) in [5.41, 5.74) is 0.0241. The largest absolute Gasteiger partial charge is 0.504 e. The Labute approximate surface area is 180 Å². The minimum Gasteiger partial charge on any atom is -0.504 e. The number of ether oxygens (including phenoxy) is 2. The Morgan fingerprint density at radius 1 is 1.00 bits per heavy atom. The van der Waals surface area contributed by atoms with Gasteiger partial charge >= 0.3 is 5.63 Å². The van der Waals surface area contributed by atoms with Gasteiger partial charge in [-0.15, -0.1) is 0 Å². The maximum absolute atomic E-state index is 12.2. The summed E-state index contributed by atoms with van der Waals surface area (Å²) in [5, 5.41) is 49.2. The Balaban J connectivity index is 1.79. The van der Waals surface area contributed by atoms with Gasteiger partial charge in [0.15, 0.2) is 17.2 Å². The number of phenolic OH excluding ortho intramolecular Hbond substituents is 2. The van der Waals surface area contributed by atoms with Crippen LogP contribution in [0.25, 0.3) is 22.1 Å². The SMILES string of the molecule is COc1cc(OO[C@@H]2OC[C@@H](O)[C@H](O)[C@H]2O)c2c(-c3ccc(O)c(O)c3)cc(=O)oc2c1. The van der Waals surface area contributed by atoms with Crippen molar-refractivity contribution < 1.29 is 49.2 Å². The van der Waals surface area contributed by atoms with E-state index in [-0.39, 0.29) is 40.4 Å². The average molecular weight is 448 g/mol. The van der Waals surface area contributed by atoms with E-state index in [2.05, 4.69) is 0 Å². The maximum atomic E-state index is 12.2. The summed E-state index contributed by atoms with van der Waals surface area (Å²) >= 11 is 0. The Morgan fingerprint density at radius 3 is 2.50 bits per heavy atom. The summed E-state index contributed by atoms with van der Waals surface area (Å²) < 4.78 is 15.6. The predicted molar refractivity (Wildman–Crippen MR) is 107 cm³/mol. The average Bonchev–Trinajstić information content (AvgIpc) is 2.77. The van der Waals surface area contributed by atoms with Crippen LogP contribution in [0, 0.1) is 0 Å². The molecule has 11 nitrogen and oxygen atoms in total. The fourth-order valence-electron chi connectivity index (χ4n) is 3.31. The molecule has 0 bridgehead atoms. The monoisotopic (exact) mass is 448 g/mol. The third kappa shape index (κ3) is 4.07. The normalized spacial score (nSPS) is 23.2. The fraction of sp³-hybridized carbons (Fsp3) is 0.286. The van der Waals surface area contributed by atoms with Crippen molar-refractivity contribution in [3.8, 4) is 34.1 Å². The first kappa shape index (κ1) is 21.9. The minimum absolute atomic E-state index is 0.00192. The lowest BCUT2D eigenvalue weighted by Gasteiger charge is -2.33. The van der Waals surface area contributed by atoms with E-state index in [1.807, 2.05) is 0 Å². The topological polar surface area (TPSA) is 168 Å². The van der Waals surface area contributed by atoms with Crippen LogP contribution in [0.1, 0.15) is 0 Å². The van der Waals surface area contributed by atoms with Gasteiger partial charge in [-0.2, -0.15) is 4.89 Å². The van der Waals surface area contributed by atoms with Gasteiger partial charge in [-0.25, -0.2) is 4.79 Å². The van der Waals surface area contributed by atoms with Crippen LogP contribution in [0.3, 0.4) is 0 Å². The van der Waals surface area contributed by atoms with Gasteiger partial charge in [0.2, 0.25) is 6.29 Å². The minimum atomic E-state index is -1.60. The Bertz CT molecular complexity index is 1190.